The number of amides is 1. The van der Waals surface area contributed by atoms with Gasteiger partial charge in [0.1, 0.15) is 0 Å². The van der Waals surface area contributed by atoms with Gasteiger partial charge in [-0.1, -0.05) is 6.92 Å². The third-order valence-corrected chi connectivity index (χ3v) is 2.90. The molecule has 0 spiro atoms. The Kier molecular flexibility index (Phi) is 6.64. The number of carbonyl (C=O) groups is 1. The SMILES string of the molecule is CCC(C)NC(=O)CCNc1nc(NC)nc(N(C)C)n1. The van der Waals surface area contributed by atoms with Crippen molar-refractivity contribution in [1.82, 2.24) is 20.3 Å². The molecular formula is C13H25N7O. The van der Waals surface area contributed by atoms with E-state index in [-0.39, 0.29) is 11.9 Å². The fraction of sp³-hybridized carbons (Fsp3) is 0.692. The average molecular weight is 295 g/mol. The van der Waals surface area contributed by atoms with Gasteiger partial charge in [0, 0.05) is 40.2 Å². The van der Waals surface area contributed by atoms with Crippen molar-refractivity contribution in [2.75, 3.05) is 43.2 Å². The summed E-state index contributed by atoms with van der Waals surface area (Å²) in [6, 6.07) is 0.200. The van der Waals surface area contributed by atoms with Gasteiger partial charge in [0.05, 0.1) is 0 Å². The maximum atomic E-state index is 11.7. The monoisotopic (exact) mass is 295 g/mol. The van der Waals surface area contributed by atoms with Crippen LogP contribution in [0.2, 0.25) is 0 Å². The Labute approximate surface area is 125 Å². The van der Waals surface area contributed by atoms with Gasteiger partial charge in [-0.2, -0.15) is 15.0 Å². The largest absolute Gasteiger partial charge is 0.357 e. The van der Waals surface area contributed by atoms with E-state index in [1.54, 1.807) is 11.9 Å². The smallest absolute Gasteiger partial charge is 0.231 e. The first-order chi connectivity index (χ1) is 9.96. The van der Waals surface area contributed by atoms with Crippen molar-refractivity contribution in [1.29, 1.82) is 0 Å². The zero-order valence-electron chi connectivity index (χ0n) is 13.4. The summed E-state index contributed by atoms with van der Waals surface area (Å²) in [6.45, 7) is 4.50. The minimum atomic E-state index is 0.0209. The molecule has 21 heavy (non-hydrogen) atoms. The number of rotatable bonds is 8. The molecule has 0 saturated carbocycles. The maximum Gasteiger partial charge on any atom is 0.231 e. The molecule has 0 fully saturated rings. The highest BCUT2D eigenvalue weighted by molar-refractivity contribution is 5.76. The van der Waals surface area contributed by atoms with Gasteiger partial charge in [-0.25, -0.2) is 0 Å². The number of carbonyl (C=O) groups excluding carboxylic acids is 1. The molecule has 0 aliphatic rings. The van der Waals surface area contributed by atoms with Gasteiger partial charge in [-0.05, 0) is 13.3 Å². The summed E-state index contributed by atoms with van der Waals surface area (Å²) in [5.41, 5.74) is 0. The van der Waals surface area contributed by atoms with Gasteiger partial charge in [0.25, 0.3) is 0 Å². The van der Waals surface area contributed by atoms with Crippen LogP contribution in [0.15, 0.2) is 0 Å². The van der Waals surface area contributed by atoms with Gasteiger partial charge in [-0.15, -0.1) is 0 Å². The summed E-state index contributed by atoms with van der Waals surface area (Å²) in [4.78, 5) is 26.2. The Morgan fingerprint density at radius 2 is 1.90 bits per heavy atom. The second kappa shape index (κ2) is 8.23. The van der Waals surface area contributed by atoms with Gasteiger partial charge in [0.2, 0.25) is 23.8 Å². The molecule has 0 radical (unpaired) electrons. The summed E-state index contributed by atoms with van der Waals surface area (Å²) in [7, 11) is 5.47. The quantitative estimate of drug-likeness (QED) is 0.649. The first-order valence-electron chi connectivity index (χ1n) is 7.10. The molecule has 118 valence electrons. The molecule has 1 aromatic heterocycles. The molecule has 0 aliphatic heterocycles. The average Bonchev–Trinajstić information content (AvgIpc) is 2.46. The number of aromatic nitrogens is 3. The maximum absolute atomic E-state index is 11.7. The minimum Gasteiger partial charge on any atom is -0.357 e. The van der Waals surface area contributed by atoms with E-state index < -0.39 is 0 Å². The number of anilines is 3. The summed E-state index contributed by atoms with van der Waals surface area (Å²) in [5, 5.41) is 8.85. The Hall–Kier alpha value is -2.12. The molecule has 1 heterocycles. The molecule has 1 amide bonds. The lowest BCUT2D eigenvalue weighted by Crippen LogP contribution is -2.33. The second-order valence-corrected chi connectivity index (χ2v) is 4.98. The lowest BCUT2D eigenvalue weighted by atomic mass is 10.2. The summed E-state index contributed by atoms with van der Waals surface area (Å²) < 4.78 is 0. The normalized spacial score (nSPS) is 11.7. The molecule has 1 aromatic rings. The Morgan fingerprint density at radius 3 is 2.48 bits per heavy atom. The highest BCUT2D eigenvalue weighted by Crippen LogP contribution is 2.10. The van der Waals surface area contributed by atoms with Crippen LogP contribution in [0.3, 0.4) is 0 Å². The fourth-order valence-electron chi connectivity index (χ4n) is 1.49. The standard InChI is InChI=1S/C13H25N7O/c1-6-9(2)16-10(21)7-8-15-12-17-11(14-3)18-13(19-12)20(4)5/h9H,6-8H2,1-5H3,(H,16,21)(H2,14,15,17,18,19). The van der Waals surface area contributed by atoms with Crippen LogP contribution in [0.1, 0.15) is 26.7 Å². The third kappa shape index (κ3) is 5.80. The Bertz CT molecular complexity index is 464. The molecule has 3 N–H and O–H groups in total. The van der Waals surface area contributed by atoms with Crippen LogP contribution in [-0.2, 0) is 4.79 Å². The summed E-state index contributed by atoms with van der Waals surface area (Å²) in [5.74, 6) is 1.52. The molecule has 8 heteroatoms. The molecule has 8 nitrogen and oxygen atoms in total. The fourth-order valence-corrected chi connectivity index (χ4v) is 1.49. The van der Waals surface area contributed by atoms with E-state index in [4.69, 9.17) is 0 Å². The van der Waals surface area contributed by atoms with Crippen LogP contribution in [0.5, 0.6) is 0 Å². The summed E-state index contributed by atoms with van der Waals surface area (Å²) in [6.07, 6.45) is 1.30. The van der Waals surface area contributed by atoms with Crippen molar-refractivity contribution in [3.8, 4) is 0 Å². The van der Waals surface area contributed by atoms with Crippen molar-refractivity contribution >= 4 is 23.8 Å². The Morgan fingerprint density at radius 1 is 1.24 bits per heavy atom. The number of hydrogen-bond acceptors (Lipinski definition) is 7. The summed E-state index contributed by atoms with van der Waals surface area (Å²) >= 11 is 0. The number of nitrogens with zero attached hydrogens (tertiary/aromatic N) is 4. The predicted octanol–water partition coefficient (Wildman–Crippen LogP) is 0.696. The van der Waals surface area contributed by atoms with Crippen molar-refractivity contribution in [3.63, 3.8) is 0 Å². The van der Waals surface area contributed by atoms with E-state index >= 15 is 0 Å². The van der Waals surface area contributed by atoms with E-state index in [1.807, 2.05) is 27.9 Å². The van der Waals surface area contributed by atoms with Crippen LogP contribution < -0.4 is 20.9 Å². The molecule has 0 saturated heterocycles. The van der Waals surface area contributed by atoms with Crippen molar-refractivity contribution < 1.29 is 4.79 Å². The highest BCUT2D eigenvalue weighted by Gasteiger charge is 2.08. The Balaban J connectivity index is 2.55. The van der Waals surface area contributed by atoms with E-state index in [0.717, 1.165) is 6.42 Å². The highest BCUT2D eigenvalue weighted by atomic mass is 16.1. The predicted molar refractivity (Wildman–Crippen MR) is 84.7 cm³/mol. The van der Waals surface area contributed by atoms with Gasteiger partial charge in [-0.3, -0.25) is 4.79 Å². The zero-order chi connectivity index (χ0) is 15.8. The number of nitrogens with one attached hydrogen (secondary N) is 3. The van der Waals surface area contributed by atoms with Crippen molar-refractivity contribution in [3.05, 3.63) is 0 Å². The van der Waals surface area contributed by atoms with Gasteiger partial charge < -0.3 is 20.9 Å². The van der Waals surface area contributed by atoms with Crippen molar-refractivity contribution in [2.45, 2.75) is 32.7 Å². The topological polar surface area (TPSA) is 95.1 Å². The molecule has 1 atom stereocenters. The lowest BCUT2D eigenvalue weighted by Gasteiger charge is -2.14. The van der Waals surface area contributed by atoms with Crippen LogP contribution >= 0.6 is 0 Å². The zero-order valence-corrected chi connectivity index (χ0v) is 13.4. The van der Waals surface area contributed by atoms with Gasteiger partial charge in [0.15, 0.2) is 0 Å². The molecular weight excluding hydrogens is 270 g/mol. The third-order valence-electron chi connectivity index (χ3n) is 2.90. The molecule has 0 bridgehead atoms. The van der Waals surface area contributed by atoms with Crippen LogP contribution in [0, 0.1) is 0 Å². The van der Waals surface area contributed by atoms with Gasteiger partial charge >= 0.3 is 0 Å². The first kappa shape index (κ1) is 16.9. The van der Waals surface area contributed by atoms with Crippen LogP contribution in [0.25, 0.3) is 0 Å². The van der Waals surface area contributed by atoms with Crippen LogP contribution in [0.4, 0.5) is 17.8 Å². The first-order valence-corrected chi connectivity index (χ1v) is 7.10. The van der Waals surface area contributed by atoms with Crippen LogP contribution in [-0.4, -0.2) is 54.6 Å². The van der Waals surface area contributed by atoms with E-state index in [0.29, 0.717) is 30.8 Å². The van der Waals surface area contributed by atoms with E-state index in [9.17, 15) is 4.79 Å². The molecule has 1 rings (SSSR count). The second-order valence-electron chi connectivity index (χ2n) is 4.98. The molecule has 0 aromatic carbocycles. The molecule has 1 unspecified atom stereocenters. The van der Waals surface area contributed by atoms with E-state index in [2.05, 4.69) is 30.9 Å². The molecule has 0 aliphatic carbocycles. The lowest BCUT2D eigenvalue weighted by molar-refractivity contribution is -0.121. The minimum absolute atomic E-state index is 0.0209. The number of hydrogen-bond donors (Lipinski definition) is 3. The van der Waals surface area contributed by atoms with Crippen molar-refractivity contribution in [2.24, 2.45) is 0 Å². The van der Waals surface area contributed by atoms with E-state index in [1.165, 1.54) is 0 Å².